The first-order chi connectivity index (χ1) is 11.3. The summed E-state index contributed by atoms with van der Waals surface area (Å²) < 4.78 is 0. The SMILES string of the molecule is O=C(CCC1CCNCC1)Nc1ccc(N2CCNCC2)cn1. The van der Waals surface area contributed by atoms with Gasteiger partial charge in [0.25, 0.3) is 0 Å². The molecule has 0 saturated carbocycles. The van der Waals surface area contributed by atoms with Crippen molar-refractivity contribution in [3.8, 4) is 0 Å². The zero-order valence-electron chi connectivity index (χ0n) is 13.7. The van der Waals surface area contributed by atoms with Crippen LogP contribution in [-0.4, -0.2) is 50.2 Å². The summed E-state index contributed by atoms with van der Waals surface area (Å²) in [5, 5.41) is 9.61. The van der Waals surface area contributed by atoms with E-state index in [0.29, 0.717) is 18.2 Å². The summed E-state index contributed by atoms with van der Waals surface area (Å²) in [6.07, 6.45) is 5.79. The van der Waals surface area contributed by atoms with Crippen LogP contribution >= 0.6 is 0 Å². The first-order valence-corrected chi connectivity index (χ1v) is 8.73. The first kappa shape index (κ1) is 16.2. The number of nitrogens with one attached hydrogen (secondary N) is 3. The number of amides is 1. The van der Waals surface area contributed by atoms with Crippen molar-refractivity contribution in [1.82, 2.24) is 15.6 Å². The normalized spacial score (nSPS) is 19.6. The maximum absolute atomic E-state index is 12.1. The van der Waals surface area contributed by atoms with Crippen LogP contribution in [-0.2, 0) is 4.79 Å². The minimum absolute atomic E-state index is 0.0750. The van der Waals surface area contributed by atoms with Crippen molar-refractivity contribution < 1.29 is 4.79 Å². The molecule has 0 spiro atoms. The average molecular weight is 317 g/mol. The smallest absolute Gasteiger partial charge is 0.225 e. The van der Waals surface area contributed by atoms with Gasteiger partial charge in [0, 0.05) is 32.6 Å². The molecule has 0 aromatic carbocycles. The van der Waals surface area contributed by atoms with Gasteiger partial charge >= 0.3 is 0 Å². The van der Waals surface area contributed by atoms with Crippen LogP contribution in [0, 0.1) is 5.92 Å². The van der Waals surface area contributed by atoms with Crippen LogP contribution in [0.15, 0.2) is 18.3 Å². The molecule has 2 saturated heterocycles. The number of piperidine rings is 1. The number of aromatic nitrogens is 1. The van der Waals surface area contributed by atoms with Crippen molar-refractivity contribution in [2.75, 3.05) is 49.5 Å². The number of anilines is 2. The molecule has 0 unspecified atom stereocenters. The summed E-state index contributed by atoms with van der Waals surface area (Å²) in [7, 11) is 0. The Balaban J connectivity index is 1.44. The maximum atomic E-state index is 12.1. The Labute approximate surface area is 138 Å². The molecule has 0 bridgehead atoms. The molecule has 23 heavy (non-hydrogen) atoms. The third kappa shape index (κ3) is 4.91. The number of hydrogen-bond acceptors (Lipinski definition) is 5. The van der Waals surface area contributed by atoms with Crippen LogP contribution in [0.1, 0.15) is 25.7 Å². The quantitative estimate of drug-likeness (QED) is 0.761. The predicted molar refractivity (Wildman–Crippen MR) is 92.8 cm³/mol. The van der Waals surface area contributed by atoms with E-state index >= 15 is 0 Å². The zero-order valence-corrected chi connectivity index (χ0v) is 13.7. The van der Waals surface area contributed by atoms with Gasteiger partial charge in [-0.25, -0.2) is 4.98 Å². The second kappa shape index (κ2) is 8.26. The monoisotopic (exact) mass is 317 g/mol. The van der Waals surface area contributed by atoms with Crippen LogP contribution in [0.5, 0.6) is 0 Å². The Kier molecular flexibility index (Phi) is 5.82. The Bertz CT molecular complexity index is 492. The van der Waals surface area contributed by atoms with Crippen LogP contribution in [0.2, 0.25) is 0 Å². The van der Waals surface area contributed by atoms with Gasteiger partial charge in [-0.15, -0.1) is 0 Å². The van der Waals surface area contributed by atoms with Crippen LogP contribution in [0.3, 0.4) is 0 Å². The number of rotatable bonds is 5. The molecule has 2 aliphatic heterocycles. The van der Waals surface area contributed by atoms with Crippen molar-refractivity contribution in [3.05, 3.63) is 18.3 Å². The summed E-state index contributed by atoms with van der Waals surface area (Å²) in [4.78, 5) is 18.8. The van der Waals surface area contributed by atoms with Crippen molar-refractivity contribution >= 4 is 17.4 Å². The fourth-order valence-corrected chi connectivity index (χ4v) is 3.28. The number of piperazine rings is 1. The molecule has 0 aliphatic carbocycles. The van der Waals surface area contributed by atoms with Gasteiger partial charge in [0.15, 0.2) is 0 Å². The standard InChI is InChI=1S/C17H27N5O/c23-17(4-1-14-5-7-18-8-6-14)21-16-3-2-15(13-20-16)22-11-9-19-10-12-22/h2-3,13-14,18-19H,1,4-12H2,(H,20,21,23). The number of pyridine rings is 1. The summed E-state index contributed by atoms with van der Waals surface area (Å²) in [6.45, 7) is 6.19. The van der Waals surface area contributed by atoms with E-state index in [1.165, 1.54) is 12.8 Å². The summed E-state index contributed by atoms with van der Waals surface area (Å²) in [5.41, 5.74) is 1.12. The Morgan fingerprint density at radius 2 is 1.91 bits per heavy atom. The second-order valence-electron chi connectivity index (χ2n) is 6.42. The molecule has 1 aromatic heterocycles. The predicted octanol–water partition coefficient (Wildman–Crippen LogP) is 1.21. The van der Waals surface area contributed by atoms with Gasteiger partial charge in [-0.05, 0) is 50.4 Å². The Morgan fingerprint density at radius 1 is 1.17 bits per heavy atom. The molecule has 2 aliphatic rings. The highest BCUT2D eigenvalue weighted by Gasteiger charge is 2.15. The molecule has 1 aromatic rings. The van der Waals surface area contributed by atoms with Gasteiger partial charge in [0.2, 0.25) is 5.91 Å². The minimum atomic E-state index is 0.0750. The molecule has 1 amide bonds. The molecule has 126 valence electrons. The van der Waals surface area contributed by atoms with Crippen molar-refractivity contribution in [2.24, 2.45) is 5.92 Å². The molecule has 6 heteroatoms. The summed E-state index contributed by atoms with van der Waals surface area (Å²) >= 11 is 0. The van der Waals surface area contributed by atoms with Gasteiger partial charge in [0.1, 0.15) is 5.82 Å². The molecule has 3 rings (SSSR count). The van der Waals surface area contributed by atoms with Gasteiger partial charge in [-0.2, -0.15) is 0 Å². The van der Waals surface area contributed by atoms with E-state index in [0.717, 1.165) is 51.4 Å². The van der Waals surface area contributed by atoms with Gasteiger partial charge in [0.05, 0.1) is 11.9 Å². The van der Waals surface area contributed by atoms with E-state index in [1.54, 1.807) is 0 Å². The van der Waals surface area contributed by atoms with E-state index in [4.69, 9.17) is 0 Å². The molecular weight excluding hydrogens is 290 g/mol. The zero-order chi connectivity index (χ0) is 15.9. The lowest BCUT2D eigenvalue weighted by molar-refractivity contribution is -0.116. The van der Waals surface area contributed by atoms with E-state index in [1.807, 2.05) is 18.3 Å². The summed E-state index contributed by atoms with van der Waals surface area (Å²) in [6, 6.07) is 3.94. The molecule has 3 N–H and O–H groups in total. The van der Waals surface area contributed by atoms with E-state index in [2.05, 4.69) is 25.8 Å². The lowest BCUT2D eigenvalue weighted by Gasteiger charge is -2.29. The van der Waals surface area contributed by atoms with Gasteiger partial charge in [-0.3, -0.25) is 4.79 Å². The maximum Gasteiger partial charge on any atom is 0.225 e. The number of carbonyl (C=O) groups is 1. The number of carbonyl (C=O) groups excluding carboxylic acids is 1. The third-order valence-electron chi connectivity index (χ3n) is 4.74. The highest BCUT2D eigenvalue weighted by Crippen LogP contribution is 2.19. The van der Waals surface area contributed by atoms with Crippen LogP contribution < -0.4 is 20.9 Å². The van der Waals surface area contributed by atoms with Crippen molar-refractivity contribution in [1.29, 1.82) is 0 Å². The molecule has 0 atom stereocenters. The topological polar surface area (TPSA) is 69.3 Å². The first-order valence-electron chi connectivity index (χ1n) is 8.73. The van der Waals surface area contributed by atoms with Gasteiger partial charge in [-0.1, -0.05) is 0 Å². The molecule has 6 nitrogen and oxygen atoms in total. The third-order valence-corrected chi connectivity index (χ3v) is 4.74. The average Bonchev–Trinajstić information content (AvgIpc) is 2.62. The highest BCUT2D eigenvalue weighted by molar-refractivity contribution is 5.89. The summed E-state index contributed by atoms with van der Waals surface area (Å²) in [5.74, 6) is 1.41. The largest absolute Gasteiger partial charge is 0.368 e. The van der Waals surface area contributed by atoms with E-state index < -0.39 is 0 Å². The number of hydrogen-bond donors (Lipinski definition) is 3. The molecule has 3 heterocycles. The number of nitrogens with zero attached hydrogens (tertiary/aromatic N) is 2. The van der Waals surface area contributed by atoms with Gasteiger partial charge < -0.3 is 20.9 Å². The van der Waals surface area contributed by atoms with Crippen molar-refractivity contribution in [3.63, 3.8) is 0 Å². The van der Waals surface area contributed by atoms with Crippen LogP contribution in [0.25, 0.3) is 0 Å². The lowest BCUT2D eigenvalue weighted by atomic mass is 9.93. The molecule has 2 fully saturated rings. The van der Waals surface area contributed by atoms with Crippen LogP contribution in [0.4, 0.5) is 11.5 Å². The minimum Gasteiger partial charge on any atom is -0.368 e. The Morgan fingerprint density at radius 3 is 2.61 bits per heavy atom. The van der Waals surface area contributed by atoms with Crippen molar-refractivity contribution in [2.45, 2.75) is 25.7 Å². The fourth-order valence-electron chi connectivity index (χ4n) is 3.28. The highest BCUT2D eigenvalue weighted by atomic mass is 16.1. The van der Waals surface area contributed by atoms with E-state index in [-0.39, 0.29) is 5.91 Å². The molecule has 0 radical (unpaired) electrons. The van der Waals surface area contributed by atoms with E-state index in [9.17, 15) is 4.79 Å². The second-order valence-corrected chi connectivity index (χ2v) is 6.42. The lowest BCUT2D eigenvalue weighted by Crippen LogP contribution is -2.43. The molecular formula is C17H27N5O. The fraction of sp³-hybridized carbons (Fsp3) is 0.647. The Hall–Kier alpha value is -1.66.